The Morgan fingerprint density at radius 3 is 2.38 bits per heavy atom. The zero-order valence-electron chi connectivity index (χ0n) is 14.0. The summed E-state index contributed by atoms with van der Waals surface area (Å²) >= 11 is 0. The quantitative estimate of drug-likeness (QED) is 0.837. The van der Waals surface area contributed by atoms with Crippen molar-refractivity contribution in [3.63, 3.8) is 0 Å². The molecule has 0 bridgehead atoms. The minimum Gasteiger partial charge on any atom is -0.382 e. The van der Waals surface area contributed by atoms with Crippen LogP contribution in [0.4, 0.5) is 0 Å². The number of carbonyl (C=O) groups is 2. The highest BCUT2D eigenvalue weighted by atomic mass is 16.5. The lowest BCUT2D eigenvalue weighted by Gasteiger charge is -2.52. The summed E-state index contributed by atoms with van der Waals surface area (Å²) in [5, 5.41) is 3.01. The van der Waals surface area contributed by atoms with E-state index in [1.807, 2.05) is 34.6 Å². The van der Waals surface area contributed by atoms with Crippen molar-refractivity contribution < 1.29 is 14.3 Å². The number of nitrogens with one attached hydrogen (secondary N) is 1. The van der Waals surface area contributed by atoms with E-state index in [9.17, 15) is 9.59 Å². The highest BCUT2D eigenvalue weighted by Crippen LogP contribution is 2.44. The molecule has 0 aromatic carbocycles. The second kappa shape index (κ2) is 5.27. The molecule has 120 valence electrons. The predicted molar refractivity (Wildman–Crippen MR) is 80.7 cm³/mol. The maximum absolute atomic E-state index is 13.2. The van der Waals surface area contributed by atoms with E-state index in [1.165, 1.54) is 0 Å². The Morgan fingerprint density at radius 2 is 1.95 bits per heavy atom. The van der Waals surface area contributed by atoms with Gasteiger partial charge in [-0.25, -0.2) is 0 Å². The fourth-order valence-corrected chi connectivity index (χ4v) is 3.49. The van der Waals surface area contributed by atoms with Crippen LogP contribution in [0.2, 0.25) is 0 Å². The van der Waals surface area contributed by atoms with Crippen LogP contribution in [0, 0.1) is 11.8 Å². The molecular formula is C16H28N2O3. The summed E-state index contributed by atoms with van der Waals surface area (Å²) in [5.74, 6) is 0.324. The van der Waals surface area contributed by atoms with Crippen molar-refractivity contribution >= 4 is 11.8 Å². The van der Waals surface area contributed by atoms with Crippen molar-refractivity contribution in [1.29, 1.82) is 0 Å². The van der Waals surface area contributed by atoms with Gasteiger partial charge < -0.3 is 15.0 Å². The Balaban J connectivity index is 2.42. The summed E-state index contributed by atoms with van der Waals surface area (Å²) in [4.78, 5) is 27.6. The summed E-state index contributed by atoms with van der Waals surface area (Å²) in [5.41, 5.74) is -1.26. The predicted octanol–water partition coefficient (Wildman–Crippen LogP) is 1.56. The molecule has 1 aliphatic heterocycles. The van der Waals surface area contributed by atoms with E-state index in [0.29, 0.717) is 6.61 Å². The second-order valence-electron chi connectivity index (χ2n) is 7.58. The van der Waals surface area contributed by atoms with Gasteiger partial charge in [0.2, 0.25) is 11.8 Å². The first kappa shape index (κ1) is 16.3. The lowest BCUT2D eigenvalue weighted by molar-refractivity contribution is -0.166. The Labute approximate surface area is 127 Å². The number of nitrogens with zero attached hydrogens (tertiary/aromatic N) is 1. The van der Waals surface area contributed by atoms with E-state index in [2.05, 4.69) is 5.32 Å². The number of rotatable bonds is 5. The molecule has 1 saturated carbocycles. The molecule has 1 aliphatic carbocycles. The molecule has 2 rings (SSSR count). The Hall–Kier alpha value is -1.10. The molecule has 1 saturated heterocycles. The van der Waals surface area contributed by atoms with Crippen LogP contribution < -0.4 is 5.32 Å². The van der Waals surface area contributed by atoms with Crippen molar-refractivity contribution in [3.8, 4) is 0 Å². The van der Waals surface area contributed by atoms with Gasteiger partial charge >= 0.3 is 0 Å². The molecule has 2 amide bonds. The van der Waals surface area contributed by atoms with E-state index >= 15 is 0 Å². The van der Waals surface area contributed by atoms with Crippen molar-refractivity contribution in [1.82, 2.24) is 10.2 Å². The van der Waals surface area contributed by atoms with Gasteiger partial charge in [0.15, 0.2) is 0 Å². The van der Waals surface area contributed by atoms with Gasteiger partial charge in [-0.15, -0.1) is 0 Å². The van der Waals surface area contributed by atoms with Crippen molar-refractivity contribution in [2.24, 2.45) is 11.8 Å². The van der Waals surface area contributed by atoms with E-state index in [1.54, 1.807) is 12.0 Å². The Kier molecular flexibility index (Phi) is 4.08. The SMILES string of the molecule is COCC(C)(C)N1C(=O)C(C)(C2CC2)NC(=O)C1C(C)C. The summed E-state index contributed by atoms with van der Waals surface area (Å²) in [6.45, 7) is 10.2. The lowest BCUT2D eigenvalue weighted by Crippen LogP contribution is -2.75. The molecule has 2 fully saturated rings. The number of piperazine rings is 1. The maximum Gasteiger partial charge on any atom is 0.249 e. The van der Waals surface area contributed by atoms with E-state index in [-0.39, 0.29) is 23.7 Å². The number of hydrogen-bond acceptors (Lipinski definition) is 3. The summed E-state index contributed by atoms with van der Waals surface area (Å²) < 4.78 is 5.29. The first-order valence-corrected chi connectivity index (χ1v) is 7.80. The largest absolute Gasteiger partial charge is 0.382 e. The molecule has 1 N–H and O–H groups in total. The third-order valence-corrected chi connectivity index (χ3v) is 4.77. The van der Waals surface area contributed by atoms with Gasteiger partial charge in [0.25, 0.3) is 0 Å². The highest BCUT2D eigenvalue weighted by Gasteiger charge is 2.58. The van der Waals surface area contributed by atoms with E-state index in [0.717, 1.165) is 12.8 Å². The van der Waals surface area contributed by atoms with Crippen LogP contribution in [-0.4, -0.2) is 47.6 Å². The fraction of sp³-hybridized carbons (Fsp3) is 0.875. The van der Waals surface area contributed by atoms with Gasteiger partial charge in [-0.2, -0.15) is 0 Å². The van der Waals surface area contributed by atoms with Crippen LogP contribution in [-0.2, 0) is 14.3 Å². The summed E-state index contributed by atoms with van der Waals surface area (Å²) in [6.07, 6.45) is 2.01. The summed E-state index contributed by atoms with van der Waals surface area (Å²) in [6, 6.07) is -0.436. The molecule has 5 heteroatoms. The van der Waals surface area contributed by atoms with Crippen molar-refractivity contribution in [3.05, 3.63) is 0 Å². The molecule has 0 aromatic rings. The van der Waals surface area contributed by atoms with Gasteiger partial charge in [0.05, 0.1) is 12.1 Å². The van der Waals surface area contributed by atoms with Crippen LogP contribution in [0.25, 0.3) is 0 Å². The van der Waals surface area contributed by atoms with Gasteiger partial charge in [0.1, 0.15) is 11.6 Å². The smallest absolute Gasteiger partial charge is 0.249 e. The molecule has 2 aliphatic rings. The molecule has 2 unspecified atom stereocenters. The number of carbonyl (C=O) groups excluding carboxylic acids is 2. The minimum absolute atomic E-state index is 0.0327. The van der Waals surface area contributed by atoms with Gasteiger partial charge in [-0.05, 0) is 45.4 Å². The topological polar surface area (TPSA) is 58.6 Å². The van der Waals surface area contributed by atoms with Crippen LogP contribution in [0.5, 0.6) is 0 Å². The van der Waals surface area contributed by atoms with Crippen LogP contribution in [0.3, 0.4) is 0 Å². The van der Waals surface area contributed by atoms with Crippen LogP contribution in [0.15, 0.2) is 0 Å². The Bertz CT molecular complexity index is 443. The number of amides is 2. The monoisotopic (exact) mass is 296 g/mol. The lowest BCUT2D eigenvalue weighted by atomic mass is 9.83. The molecule has 0 radical (unpaired) electrons. The molecule has 5 nitrogen and oxygen atoms in total. The van der Waals surface area contributed by atoms with Crippen LogP contribution >= 0.6 is 0 Å². The zero-order valence-corrected chi connectivity index (χ0v) is 14.0. The van der Waals surface area contributed by atoms with E-state index in [4.69, 9.17) is 4.74 Å². The van der Waals surface area contributed by atoms with Crippen molar-refractivity contribution in [2.45, 2.75) is 64.6 Å². The third-order valence-electron chi connectivity index (χ3n) is 4.77. The minimum atomic E-state index is -0.756. The van der Waals surface area contributed by atoms with Gasteiger partial charge in [0, 0.05) is 7.11 Å². The van der Waals surface area contributed by atoms with E-state index < -0.39 is 17.1 Å². The number of hydrogen-bond donors (Lipinski definition) is 1. The third kappa shape index (κ3) is 2.68. The molecular weight excluding hydrogens is 268 g/mol. The molecule has 21 heavy (non-hydrogen) atoms. The molecule has 1 heterocycles. The normalized spacial score (nSPS) is 30.8. The van der Waals surface area contributed by atoms with Crippen molar-refractivity contribution in [2.75, 3.05) is 13.7 Å². The molecule has 0 spiro atoms. The molecule has 0 aromatic heterocycles. The number of ether oxygens (including phenoxy) is 1. The standard InChI is InChI=1S/C16H28N2O3/c1-10(2)12-13(19)17-16(5,11-7-8-11)14(20)18(12)15(3,4)9-21-6/h10-12H,7-9H2,1-6H3,(H,17,19). The second-order valence-corrected chi connectivity index (χ2v) is 7.58. The highest BCUT2D eigenvalue weighted by molar-refractivity contribution is 6.00. The fourth-order valence-electron chi connectivity index (χ4n) is 3.49. The number of methoxy groups -OCH3 is 1. The maximum atomic E-state index is 13.2. The molecule has 2 atom stereocenters. The van der Waals surface area contributed by atoms with Crippen LogP contribution in [0.1, 0.15) is 47.5 Å². The average molecular weight is 296 g/mol. The summed E-state index contributed by atoms with van der Waals surface area (Å²) in [7, 11) is 1.63. The first-order valence-electron chi connectivity index (χ1n) is 7.80. The Morgan fingerprint density at radius 1 is 1.38 bits per heavy atom. The van der Waals surface area contributed by atoms with Gasteiger partial charge in [-0.3, -0.25) is 9.59 Å². The zero-order chi connectivity index (χ0) is 16.0. The first-order chi connectivity index (χ1) is 9.65. The van der Waals surface area contributed by atoms with Gasteiger partial charge in [-0.1, -0.05) is 13.8 Å². The average Bonchev–Trinajstić information content (AvgIpc) is 3.16.